The Balaban J connectivity index is 2.06. The topological polar surface area (TPSA) is 26.0 Å². The quantitative estimate of drug-likeness (QED) is 0.542. The lowest BCUT2D eigenvalue weighted by molar-refractivity contribution is 0.615. The molecule has 0 saturated carbocycles. The predicted molar refractivity (Wildman–Crippen MR) is 66.4 cm³/mol. The fraction of sp³-hybridized carbons (Fsp3) is 0. The molecule has 0 saturated heterocycles. The first-order valence-corrected chi connectivity index (χ1v) is 5.33. The van der Waals surface area contributed by atoms with E-state index in [1.54, 1.807) is 12.5 Å². The van der Waals surface area contributed by atoms with Crippen molar-refractivity contribution in [2.24, 2.45) is 0 Å². The summed E-state index contributed by atoms with van der Waals surface area (Å²) in [5.41, 5.74) is 2.55. The van der Waals surface area contributed by atoms with Crippen LogP contribution in [0.4, 0.5) is 0 Å². The first-order valence-electron chi connectivity index (χ1n) is 5.33. The second kappa shape index (κ2) is 4.15. The average molecular weight is 219 g/mol. The highest BCUT2D eigenvalue weighted by Gasteiger charge is 2.00. The summed E-state index contributed by atoms with van der Waals surface area (Å²) in [6.45, 7) is 0. The molecule has 0 aliphatic carbocycles. The van der Waals surface area contributed by atoms with Crippen molar-refractivity contribution in [3.8, 4) is 11.8 Å². The standard InChI is InChI=1S/C15H9NO/c1-2-4-12(5-3-1)6-7-14-13-9-11-17-15(13)8-10-16-14/h1-5,8-11H. The Kier molecular flexibility index (Phi) is 2.36. The number of rotatable bonds is 0. The van der Waals surface area contributed by atoms with Crippen LogP contribution in [0.1, 0.15) is 11.3 Å². The average Bonchev–Trinajstić information content (AvgIpc) is 2.86. The van der Waals surface area contributed by atoms with E-state index in [2.05, 4.69) is 16.8 Å². The first-order chi connectivity index (χ1) is 8.43. The molecule has 2 nitrogen and oxygen atoms in total. The first kappa shape index (κ1) is 9.68. The van der Waals surface area contributed by atoms with Gasteiger partial charge in [0.05, 0.1) is 11.6 Å². The van der Waals surface area contributed by atoms with Gasteiger partial charge in [-0.2, -0.15) is 0 Å². The molecule has 2 heterocycles. The Labute approximate surface area is 98.9 Å². The number of aromatic nitrogens is 1. The minimum absolute atomic E-state index is 0.750. The number of nitrogens with zero attached hydrogens (tertiary/aromatic N) is 1. The maximum absolute atomic E-state index is 5.30. The van der Waals surface area contributed by atoms with Gasteiger partial charge in [-0.3, -0.25) is 0 Å². The lowest BCUT2D eigenvalue weighted by atomic mass is 10.2. The Morgan fingerprint density at radius 1 is 0.941 bits per heavy atom. The maximum Gasteiger partial charge on any atom is 0.138 e. The van der Waals surface area contributed by atoms with Gasteiger partial charge in [0.15, 0.2) is 0 Å². The van der Waals surface area contributed by atoms with Crippen LogP contribution in [-0.2, 0) is 0 Å². The van der Waals surface area contributed by atoms with Crippen LogP contribution in [0.15, 0.2) is 59.3 Å². The van der Waals surface area contributed by atoms with Gasteiger partial charge >= 0.3 is 0 Å². The van der Waals surface area contributed by atoms with Gasteiger partial charge in [0.2, 0.25) is 0 Å². The van der Waals surface area contributed by atoms with Gasteiger partial charge in [-0.1, -0.05) is 24.1 Å². The lowest BCUT2D eigenvalue weighted by Crippen LogP contribution is -1.82. The van der Waals surface area contributed by atoms with E-state index in [0.717, 1.165) is 22.2 Å². The molecule has 0 atom stereocenters. The summed E-state index contributed by atoms with van der Waals surface area (Å²) >= 11 is 0. The third-order valence-corrected chi connectivity index (χ3v) is 2.48. The van der Waals surface area contributed by atoms with Gasteiger partial charge in [0.1, 0.15) is 11.3 Å². The van der Waals surface area contributed by atoms with Gasteiger partial charge in [0.25, 0.3) is 0 Å². The molecule has 0 aliphatic heterocycles. The SMILES string of the molecule is C(#Cc1nccc2occc12)c1ccccc1. The van der Waals surface area contributed by atoms with Crippen LogP contribution in [0.5, 0.6) is 0 Å². The van der Waals surface area contributed by atoms with E-state index in [-0.39, 0.29) is 0 Å². The second-order valence-corrected chi connectivity index (χ2v) is 3.61. The highest BCUT2D eigenvalue weighted by molar-refractivity contribution is 5.82. The molecule has 3 rings (SSSR count). The molecular weight excluding hydrogens is 210 g/mol. The third-order valence-electron chi connectivity index (χ3n) is 2.48. The summed E-state index contributed by atoms with van der Waals surface area (Å²) in [6, 6.07) is 13.6. The van der Waals surface area contributed by atoms with Crippen LogP contribution in [0.2, 0.25) is 0 Å². The minimum Gasteiger partial charge on any atom is -0.464 e. The van der Waals surface area contributed by atoms with Crippen molar-refractivity contribution in [3.63, 3.8) is 0 Å². The van der Waals surface area contributed by atoms with Crippen LogP contribution < -0.4 is 0 Å². The molecule has 0 radical (unpaired) electrons. The zero-order chi connectivity index (χ0) is 11.5. The second-order valence-electron chi connectivity index (χ2n) is 3.61. The lowest BCUT2D eigenvalue weighted by Gasteiger charge is -1.91. The monoisotopic (exact) mass is 219 g/mol. The van der Waals surface area contributed by atoms with E-state index < -0.39 is 0 Å². The van der Waals surface area contributed by atoms with Crippen LogP contribution in [-0.4, -0.2) is 4.98 Å². The smallest absolute Gasteiger partial charge is 0.138 e. The van der Waals surface area contributed by atoms with Crippen LogP contribution in [0, 0.1) is 11.8 Å². The normalized spacial score (nSPS) is 9.88. The van der Waals surface area contributed by atoms with E-state index in [1.165, 1.54) is 0 Å². The molecule has 2 heteroatoms. The van der Waals surface area contributed by atoms with E-state index in [1.807, 2.05) is 42.5 Å². The van der Waals surface area contributed by atoms with Crippen LogP contribution >= 0.6 is 0 Å². The number of hydrogen-bond acceptors (Lipinski definition) is 2. The van der Waals surface area contributed by atoms with Crippen molar-refractivity contribution in [3.05, 3.63) is 66.2 Å². The summed E-state index contributed by atoms with van der Waals surface area (Å²) in [4.78, 5) is 4.26. The zero-order valence-electron chi connectivity index (χ0n) is 9.05. The molecule has 0 fully saturated rings. The van der Waals surface area contributed by atoms with Crippen molar-refractivity contribution in [1.82, 2.24) is 4.98 Å². The van der Waals surface area contributed by atoms with Crippen molar-refractivity contribution in [1.29, 1.82) is 0 Å². The molecule has 2 aromatic heterocycles. The third kappa shape index (κ3) is 1.91. The Hall–Kier alpha value is -2.53. The molecule has 0 N–H and O–H groups in total. The van der Waals surface area contributed by atoms with Crippen LogP contribution in [0.25, 0.3) is 11.0 Å². The number of benzene rings is 1. The van der Waals surface area contributed by atoms with Crippen molar-refractivity contribution in [2.75, 3.05) is 0 Å². The van der Waals surface area contributed by atoms with Crippen molar-refractivity contribution < 1.29 is 4.42 Å². The molecule has 0 unspecified atom stereocenters. The predicted octanol–water partition coefficient (Wildman–Crippen LogP) is 3.23. The molecule has 1 aromatic carbocycles. The Morgan fingerprint density at radius 2 is 1.82 bits per heavy atom. The highest BCUT2D eigenvalue weighted by atomic mass is 16.3. The summed E-state index contributed by atoms with van der Waals surface area (Å²) in [5, 5.41) is 0.955. The molecule has 80 valence electrons. The van der Waals surface area contributed by atoms with Gasteiger partial charge in [-0.15, -0.1) is 0 Å². The molecule has 3 aromatic rings. The number of furan rings is 1. The zero-order valence-corrected chi connectivity index (χ0v) is 9.05. The summed E-state index contributed by atoms with van der Waals surface area (Å²) in [5.74, 6) is 6.16. The summed E-state index contributed by atoms with van der Waals surface area (Å²) < 4.78 is 5.30. The molecule has 0 aliphatic rings. The molecular formula is C15H9NO. The van der Waals surface area contributed by atoms with E-state index in [9.17, 15) is 0 Å². The number of hydrogen-bond donors (Lipinski definition) is 0. The number of fused-ring (bicyclic) bond motifs is 1. The number of pyridine rings is 1. The Morgan fingerprint density at radius 3 is 2.71 bits per heavy atom. The van der Waals surface area contributed by atoms with E-state index >= 15 is 0 Å². The van der Waals surface area contributed by atoms with Crippen molar-refractivity contribution >= 4 is 11.0 Å². The molecule has 17 heavy (non-hydrogen) atoms. The van der Waals surface area contributed by atoms with E-state index in [4.69, 9.17) is 4.42 Å². The van der Waals surface area contributed by atoms with Gasteiger partial charge in [-0.05, 0) is 30.2 Å². The molecule has 0 amide bonds. The van der Waals surface area contributed by atoms with E-state index in [0.29, 0.717) is 0 Å². The fourth-order valence-corrected chi connectivity index (χ4v) is 1.65. The summed E-state index contributed by atoms with van der Waals surface area (Å²) in [6.07, 6.45) is 3.36. The maximum atomic E-state index is 5.30. The van der Waals surface area contributed by atoms with Gasteiger partial charge in [0, 0.05) is 11.8 Å². The summed E-state index contributed by atoms with van der Waals surface area (Å²) in [7, 11) is 0. The van der Waals surface area contributed by atoms with Crippen LogP contribution in [0.3, 0.4) is 0 Å². The van der Waals surface area contributed by atoms with Gasteiger partial charge in [-0.25, -0.2) is 4.98 Å². The minimum atomic E-state index is 0.750. The molecule has 0 bridgehead atoms. The highest BCUT2D eigenvalue weighted by Crippen LogP contribution is 2.16. The largest absolute Gasteiger partial charge is 0.464 e. The molecule has 0 spiro atoms. The Bertz CT molecular complexity index is 702. The van der Waals surface area contributed by atoms with Crippen molar-refractivity contribution in [2.45, 2.75) is 0 Å². The fourth-order valence-electron chi connectivity index (χ4n) is 1.65. The van der Waals surface area contributed by atoms with Gasteiger partial charge < -0.3 is 4.42 Å².